The van der Waals surface area contributed by atoms with Gasteiger partial charge < -0.3 is 18.8 Å². The average Bonchev–Trinajstić information content (AvgIpc) is 3.08. The molecule has 1 amide bonds. The molecule has 0 aliphatic rings. The average molecular weight is 410 g/mol. The summed E-state index contributed by atoms with van der Waals surface area (Å²) in [5, 5.41) is 0. The molecule has 3 aromatic rings. The van der Waals surface area contributed by atoms with Crippen molar-refractivity contribution in [1.82, 2.24) is 4.57 Å². The van der Waals surface area contributed by atoms with Crippen LogP contribution in [0.4, 0.5) is 0 Å². The standard InChI is InChI=1S/C21H18N2O5S/c1-5-10-23-15-11-16(26-2)17(27-3)12-18(15)29-21(23)22-19(24)13-6-8-14(9-7-13)20(25)28-4/h1,6-9,11-12H,10H2,2-4H3. The number of nitrogens with zero attached hydrogens (tertiary/aromatic N) is 2. The topological polar surface area (TPSA) is 79.1 Å². The quantitative estimate of drug-likeness (QED) is 0.477. The highest BCUT2D eigenvalue weighted by Gasteiger charge is 2.14. The molecule has 0 radical (unpaired) electrons. The Kier molecular flexibility index (Phi) is 6.00. The summed E-state index contributed by atoms with van der Waals surface area (Å²) in [6.45, 7) is 0.239. The number of ether oxygens (including phenoxy) is 3. The number of esters is 1. The number of hydrogen-bond acceptors (Lipinski definition) is 6. The van der Waals surface area contributed by atoms with Crippen molar-refractivity contribution >= 4 is 33.4 Å². The van der Waals surface area contributed by atoms with Crippen LogP contribution in [0.5, 0.6) is 11.5 Å². The van der Waals surface area contributed by atoms with Gasteiger partial charge in [0.25, 0.3) is 5.91 Å². The lowest BCUT2D eigenvalue weighted by Gasteiger charge is -2.08. The summed E-state index contributed by atoms with van der Waals surface area (Å²) in [7, 11) is 4.40. The summed E-state index contributed by atoms with van der Waals surface area (Å²) < 4.78 is 18.0. The SMILES string of the molecule is C#CCn1c(=NC(=O)c2ccc(C(=O)OC)cc2)sc2cc(OC)c(OC)cc21. The number of benzene rings is 2. The monoisotopic (exact) mass is 410 g/mol. The first-order valence-corrected chi connectivity index (χ1v) is 9.30. The van der Waals surface area contributed by atoms with Crippen molar-refractivity contribution in [2.45, 2.75) is 6.54 Å². The molecule has 148 valence electrons. The maximum atomic E-state index is 12.7. The van der Waals surface area contributed by atoms with Gasteiger partial charge in [-0.25, -0.2) is 4.79 Å². The molecule has 0 fully saturated rings. The van der Waals surface area contributed by atoms with E-state index in [0.29, 0.717) is 27.4 Å². The molecule has 8 heteroatoms. The van der Waals surface area contributed by atoms with Crippen LogP contribution in [0.2, 0.25) is 0 Å². The van der Waals surface area contributed by atoms with E-state index >= 15 is 0 Å². The van der Waals surface area contributed by atoms with Crippen molar-refractivity contribution in [2.24, 2.45) is 4.99 Å². The zero-order chi connectivity index (χ0) is 21.0. The highest BCUT2D eigenvalue weighted by Crippen LogP contribution is 2.33. The second kappa shape index (κ2) is 8.63. The fourth-order valence-corrected chi connectivity index (χ4v) is 3.78. The van der Waals surface area contributed by atoms with E-state index < -0.39 is 11.9 Å². The summed E-state index contributed by atoms with van der Waals surface area (Å²) in [6.07, 6.45) is 5.51. The maximum absolute atomic E-state index is 12.7. The minimum atomic E-state index is -0.472. The molecule has 1 aromatic heterocycles. The Labute approximate surface area is 171 Å². The van der Waals surface area contributed by atoms with Crippen LogP contribution in [-0.2, 0) is 11.3 Å². The fraction of sp³-hybridized carbons (Fsp3) is 0.190. The zero-order valence-electron chi connectivity index (χ0n) is 16.1. The van der Waals surface area contributed by atoms with Crippen molar-refractivity contribution in [3.8, 4) is 23.8 Å². The van der Waals surface area contributed by atoms with Crippen LogP contribution in [0, 0.1) is 12.3 Å². The van der Waals surface area contributed by atoms with E-state index in [2.05, 4.69) is 15.6 Å². The third kappa shape index (κ3) is 4.00. The van der Waals surface area contributed by atoms with E-state index in [1.54, 1.807) is 24.9 Å². The molecule has 3 rings (SSSR count). The van der Waals surface area contributed by atoms with Gasteiger partial charge in [-0.2, -0.15) is 4.99 Å². The van der Waals surface area contributed by atoms with Crippen molar-refractivity contribution in [2.75, 3.05) is 21.3 Å². The number of hydrogen-bond donors (Lipinski definition) is 0. The van der Waals surface area contributed by atoms with Crippen molar-refractivity contribution in [1.29, 1.82) is 0 Å². The molecule has 7 nitrogen and oxygen atoms in total. The van der Waals surface area contributed by atoms with Gasteiger partial charge in [0.1, 0.15) is 0 Å². The first-order valence-electron chi connectivity index (χ1n) is 8.48. The predicted octanol–water partition coefficient (Wildman–Crippen LogP) is 2.88. The number of methoxy groups -OCH3 is 3. The molecule has 1 heterocycles. The Balaban J connectivity index is 2.08. The van der Waals surface area contributed by atoms with E-state index in [0.717, 1.165) is 10.2 Å². The van der Waals surface area contributed by atoms with Gasteiger partial charge >= 0.3 is 5.97 Å². The number of fused-ring (bicyclic) bond motifs is 1. The molecule has 0 aliphatic carbocycles. The highest BCUT2D eigenvalue weighted by molar-refractivity contribution is 7.16. The number of rotatable bonds is 5. The van der Waals surface area contributed by atoms with Crippen LogP contribution < -0.4 is 14.3 Å². The van der Waals surface area contributed by atoms with Gasteiger partial charge in [0.05, 0.1) is 43.7 Å². The molecule has 0 saturated heterocycles. The molecule has 0 aliphatic heterocycles. The van der Waals surface area contributed by atoms with Gasteiger partial charge in [-0.3, -0.25) is 4.79 Å². The highest BCUT2D eigenvalue weighted by atomic mass is 32.1. The van der Waals surface area contributed by atoms with Gasteiger partial charge in [0.2, 0.25) is 0 Å². The van der Waals surface area contributed by atoms with Gasteiger partial charge in [-0.15, -0.1) is 6.42 Å². The van der Waals surface area contributed by atoms with Gasteiger partial charge in [-0.1, -0.05) is 17.3 Å². The van der Waals surface area contributed by atoms with Crippen molar-refractivity contribution in [3.05, 3.63) is 52.3 Å². The third-order valence-corrected chi connectivity index (χ3v) is 5.23. The predicted molar refractivity (Wildman–Crippen MR) is 109 cm³/mol. The van der Waals surface area contributed by atoms with E-state index in [9.17, 15) is 9.59 Å². The van der Waals surface area contributed by atoms with Crippen LogP contribution in [0.25, 0.3) is 10.2 Å². The second-order valence-corrected chi connectivity index (χ2v) is 6.84. The van der Waals surface area contributed by atoms with Crippen LogP contribution in [0.3, 0.4) is 0 Å². The van der Waals surface area contributed by atoms with Crippen molar-refractivity contribution in [3.63, 3.8) is 0 Å². The number of thiazole rings is 1. The molecule has 0 bridgehead atoms. The second-order valence-electron chi connectivity index (χ2n) is 5.84. The van der Waals surface area contributed by atoms with Crippen LogP contribution in [-0.4, -0.2) is 37.8 Å². The number of carbonyl (C=O) groups is 2. The van der Waals surface area contributed by atoms with Gasteiger partial charge in [-0.05, 0) is 24.3 Å². The molecule has 29 heavy (non-hydrogen) atoms. The van der Waals surface area contributed by atoms with E-state index in [4.69, 9.17) is 15.9 Å². The molecule has 0 unspecified atom stereocenters. The van der Waals surface area contributed by atoms with E-state index in [1.807, 2.05) is 6.07 Å². The largest absolute Gasteiger partial charge is 0.493 e. The lowest BCUT2D eigenvalue weighted by atomic mass is 10.1. The lowest BCUT2D eigenvalue weighted by molar-refractivity contribution is 0.0600. The summed E-state index contributed by atoms with van der Waals surface area (Å²) in [6, 6.07) is 9.72. The molecule has 0 N–H and O–H groups in total. The summed E-state index contributed by atoms with van der Waals surface area (Å²) in [5.74, 6) is 2.79. The Hall–Kier alpha value is -3.57. The van der Waals surface area contributed by atoms with Crippen LogP contribution in [0.15, 0.2) is 41.4 Å². The number of aromatic nitrogens is 1. The van der Waals surface area contributed by atoms with E-state index in [-0.39, 0.29) is 6.54 Å². The minimum Gasteiger partial charge on any atom is -0.493 e. The van der Waals surface area contributed by atoms with Crippen molar-refractivity contribution < 1.29 is 23.8 Å². The first-order chi connectivity index (χ1) is 14.0. The Morgan fingerprint density at radius 3 is 2.28 bits per heavy atom. The number of amides is 1. The molecule has 0 saturated carbocycles. The fourth-order valence-electron chi connectivity index (χ4n) is 2.74. The number of carbonyl (C=O) groups excluding carboxylic acids is 2. The summed E-state index contributed by atoms with van der Waals surface area (Å²) in [4.78, 5) is 28.9. The first kappa shape index (κ1) is 20.2. The van der Waals surface area contributed by atoms with Gasteiger partial charge in [0, 0.05) is 17.7 Å². The minimum absolute atomic E-state index is 0.239. The Morgan fingerprint density at radius 1 is 1.07 bits per heavy atom. The molecule has 0 spiro atoms. The van der Waals surface area contributed by atoms with Crippen LogP contribution >= 0.6 is 11.3 Å². The van der Waals surface area contributed by atoms with Gasteiger partial charge in [0.15, 0.2) is 16.3 Å². The zero-order valence-corrected chi connectivity index (χ0v) is 16.9. The van der Waals surface area contributed by atoms with Crippen LogP contribution in [0.1, 0.15) is 20.7 Å². The summed E-state index contributed by atoms with van der Waals surface area (Å²) >= 11 is 1.32. The molecule has 0 atom stereocenters. The lowest BCUT2D eigenvalue weighted by Crippen LogP contribution is -2.16. The molecular weight excluding hydrogens is 392 g/mol. The molecular formula is C21H18N2O5S. The normalized spacial score (nSPS) is 11.2. The molecule has 2 aromatic carbocycles. The Morgan fingerprint density at radius 2 is 1.69 bits per heavy atom. The smallest absolute Gasteiger partial charge is 0.337 e. The van der Waals surface area contributed by atoms with E-state index in [1.165, 1.54) is 42.7 Å². The maximum Gasteiger partial charge on any atom is 0.337 e. The third-order valence-electron chi connectivity index (χ3n) is 4.19. The summed E-state index contributed by atoms with van der Waals surface area (Å²) in [5.41, 5.74) is 1.49. The Bertz CT molecular complexity index is 1180. The number of terminal acetylenes is 1.